The van der Waals surface area contributed by atoms with Gasteiger partial charge in [0.05, 0.1) is 0 Å². The molecule has 0 unspecified atom stereocenters. The average molecular weight is 246 g/mol. The molecule has 0 atom stereocenters. The van der Waals surface area contributed by atoms with Gasteiger partial charge in [0.1, 0.15) is 11.3 Å². The smallest absolute Gasteiger partial charge is 0.149 e. The van der Waals surface area contributed by atoms with Crippen LogP contribution in [0.5, 0.6) is 0 Å². The molecule has 2 aromatic rings. The second-order valence-corrected chi connectivity index (χ2v) is 5.03. The zero-order valence-electron chi connectivity index (χ0n) is 11.6. The Bertz CT molecular complexity index is 603. The molecule has 0 radical (unpaired) electrons. The van der Waals surface area contributed by atoms with Gasteiger partial charge >= 0.3 is 0 Å². The van der Waals surface area contributed by atoms with E-state index < -0.39 is 0 Å². The largest absolute Gasteiger partial charge is 0.387 e. The summed E-state index contributed by atoms with van der Waals surface area (Å²) in [6.45, 7) is 8.09. The Morgan fingerprint density at radius 3 is 2.44 bits per heavy atom. The number of nitrogens with one attached hydrogen (secondary N) is 1. The van der Waals surface area contributed by atoms with Crippen LogP contribution in [0.2, 0.25) is 0 Å². The Hall–Kier alpha value is -1.64. The van der Waals surface area contributed by atoms with Crippen LogP contribution < -0.4 is 5.32 Å². The molecule has 2 rings (SSSR count). The second-order valence-electron chi connectivity index (χ2n) is 5.03. The summed E-state index contributed by atoms with van der Waals surface area (Å²) in [5.74, 6) is 0.104. The van der Waals surface area contributed by atoms with Crippen LogP contribution in [0.1, 0.15) is 36.6 Å². The van der Waals surface area contributed by atoms with Crippen LogP contribution in [0.25, 0.3) is 10.9 Å². The summed E-state index contributed by atoms with van der Waals surface area (Å²) in [7, 11) is 1.88. The van der Waals surface area contributed by atoms with Crippen molar-refractivity contribution >= 4 is 16.6 Å². The van der Waals surface area contributed by atoms with Gasteiger partial charge in [0.15, 0.2) is 0 Å². The lowest BCUT2D eigenvalue weighted by molar-refractivity contribution is 0.635. The molecular formula is C15H19FN2. The van der Waals surface area contributed by atoms with Gasteiger partial charge in [-0.25, -0.2) is 9.37 Å². The van der Waals surface area contributed by atoms with E-state index in [4.69, 9.17) is 0 Å². The maximum atomic E-state index is 14.0. The van der Waals surface area contributed by atoms with Gasteiger partial charge in [-0.15, -0.1) is 0 Å². The summed E-state index contributed by atoms with van der Waals surface area (Å²) in [6.07, 6.45) is 0. The van der Waals surface area contributed by atoms with Gasteiger partial charge in [-0.1, -0.05) is 13.8 Å². The standard InChI is InChI=1S/C15H19FN2/c1-8(2)13-10(4)18-14-11(15(13)17-5)6-9(3)7-12(14)16/h6-8H,1-5H3,(H,17,18). The quantitative estimate of drug-likeness (QED) is 0.860. The lowest BCUT2D eigenvalue weighted by Crippen LogP contribution is -2.05. The van der Waals surface area contributed by atoms with E-state index in [1.807, 2.05) is 27.0 Å². The number of halogens is 1. The van der Waals surface area contributed by atoms with Gasteiger partial charge in [0.25, 0.3) is 0 Å². The average Bonchev–Trinajstić information content (AvgIpc) is 2.28. The molecule has 0 saturated carbocycles. The van der Waals surface area contributed by atoms with E-state index in [1.54, 1.807) is 0 Å². The monoisotopic (exact) mass is 246 g/mol. The lowest BCUT2D eigenvalue weighted by atomic mass is 9.96. The summed E-state index contributed by atoms with van der Waals surface area (Å²) in [6, 6.07) is 3.52. The predicted molar refractivity (Wildman–Crippen MR) is 74.8 cm³/mol. The van der Waals surface area contributed by atoms with Gasteiger partial charge < -0.3 is 5.32 Å². The first-order valence-electron chi connectivity index (χ1n) is 6.23. The summed E-state index contributed by atoms with van der Waals surface area (Å²) in [5, 5.41) is 4.07. The van der Waals surface area contributed by atoms with Crippen LogP contribution >= 0.6 is 0 Å². The summed E-state index contributed by atoms with van der Waals surface area (Å²) >= 11 is 0. The molecule has 0 aliphatic carbocycles. The lowest BCUT2D eigenvalue weighted by Gasteiger charge is -2.18. The van der Waals surface area contributed by atoms with E-state index >= 15 is 0 Å². The number of fused-ring (bicyclic) bond motifs is 1. The molecular weight excluding hydrogens is 227 g/mol. The molecule has 18 heavy (non-hydrogen) atoms. The van der Waals surface area contributed by atoms with Crippen molar-refractivity contribution in [2.75, 3.05) is 12.4 Å². The SMILES string of the molecule is CNc1c(C(C)C)c(C)nc2c(F)cc(C)cc12. The van der Waals surface area contributed by atoms with Gasteiger partial charge in [-0.05, 0) is 43.0 Å². The first-order valence-corrected chi connectivity index (χ1v) is 6.23. The third-order valence-electron chi connectivity index (χ3n) is 3.24. The topological polar surface area (TPSA) is 24.9 Å². The third kappa shape index (κ3) is 1.94. The van der Waals surface area contributed by atoms with Crippen LogP contribution in [0.15, 0.2) is 12.1 Å². The van der Waals surface area contributed by atoms with Gasteiger partial charge in [-0.2, -0.15) is 0 Å². The minimum absolute atomic E-state index is 0.250. The van der Waals surface area contributed by atoms with Gasteiger partial charge in [0, 0.05) is 23.8 Å². The van der Waals surface area contributed by atoms with Gasteiger partial charge in [-0.3, -0.25) is 0 Å². The van der Waals surface area contributed by atoms with E-state index in [-0.39, 0.29) is 5.82 Å². The highest BCUT2D eigenvalue weighted by Crippen LogP contribution is 2.34. The summed E-state index contributed by atoms with van der Waals surface area (Å²) < 4.78 is 14.0. The minimum atomic E-state index is -0.250. The van der Waals surface area contributed by atoms with Crippen molar-refractivity contribution in [3.8, 4) is 0 Å². The Morgan fingerprint density at radius 2 is 1.89 bits per heavy atom. The highest BCUT2D eigenvalue weighted by molar-refractivity contribution is 5.94. The van der Waals surface area contributed by atoms with Crippen molar-refractivity contribution in [2.24, 2.45) is 0 Å². The number of hydrogen-bond donors (Lipinski definition) is 1. The molecule has 0 amide bonds. The highest BCUT2D eigenvalue weighted by atomic mass is 19.1. The maximum absolute atomic E-state index is 14.0. The zero-order valence-corrected chi connectivity index (χ0v) is 11.6. The molecule has 1 heterocycles. The number of nitrogens with zero attached hydrogens (tertiary/aromatic N) is 1. The van der Waals surface area contributed by atoms with Crippen molar-refractivity contribution in [1.82, 2.24) is 4.98 Å². The molecule has 1 aromatic heterocycles. The molecule has 0 saturated heterocycles. The van der Waals surface area contributed by atoms with Crippen LogP contribution in [-0.4, -0.2) is 12.0 Å². The molecule has 2 nitrogen and oxygen atoms in total. The Kier molecular flexibility index (Phi) is 3.24. The number of pyridine rings is 1. The predicted octanol–water partition coefficient (Wildman–Crippen LogP) is 4.16. The molecule has 1 aromatic carbocycles. The van der Waals surface area contributed by atoms with Crippen molar-refractivity contribution in [2.45, 2.75) is 33.6 Å². The Labute approximate surface area is 107 Å². The van der Waals surface area contributed by atoms with E-state index in [2.05, 4.69) is 24.1 Å². The molecule has 0 spiro atoms. The zero-order chi connectivity index (χ0) is 13.4. The fourth-order valence-electron chi connectivity index (χ4n) is 2.57. The number of hydrogen-bond acceptors (Lipinski definition) is 2. The molecule has 0 fully saturated rings. The Balaban J connectivity index is 2.94. The fraction of sp³-hybridized carbons (Fsp3) is 0.400. The first kappa shape index (κ1) is 12.8. The van der Waals surface area contributed by atoms with Crippen molar-refractivity contribution in [3.05, 3.63) is 34.8 Å². The normalized spacial score (nSPS) is 11.3. The van der Waals surface area contributed by atoms with E-state index in [0.29, 0.717) is 11.4 Å². The van der Waals surface area contributed by atoms with Crippen molar-refractivity contribution in [1.29, 1.82) is 0 Å². The van der Waals surface area contributed by atoms with E-state index in [1.165, 1.54) is 6.07 Å². The van der Waals surface area contributed by atoms with E-state index in [0.717, 1.165) is 27.9 Å². The number of benzene rings is 1. The van der Waals surface area contributed by atoms with Crippen LogP contribution in [0.4, 0.5) is 10.1 Å². The first-order chi connectivity index (χ1) is 8.45. The Morgan fingerprint density at radius 1 is 1.22 bits per heavy atom. The number of rotatable bonds is 2. The molecule has 3 heteroatoms. The van der Waals surface area contributed by atoms with Gasteiger partial charge in [0.2, 0.25) is 0 Å². The van der Waals surface area contributed by atoms with Crippen molar-refractivity contribution < 1.29 is 4.39 Å². The summed E-state index contributed by atoms with van der Waals surface area (Å²) in [4.78, 5) is 4.43. The third-order valence-corrected chi connectivity index (χ3v) is 3.24. The number of aromatic nitrogens is 1. The fourth-order valence-corrected chi connectivity index (χ4v) is 2.57. The molecule has 0 aliphatic heterocycles. The van der Waals surface area contributed by atoms with Crippen LogP contribution in [0, 0.1) is 19.7 Å². The molecule has 96 valence electrons. The van der Waals surface area contributed by atoms with Crippen LogP contribution in [0.3, 0.4) is 0 Å². The number of aryl methyl sites for hydroxylation is 2. The molecule has 0 aliphatic rings. The molecule has 1 N–H and O–H groups in total. The highest BCUT2D eigenvalue weighted by Gasteiger charge is 2.16. The molecule has 0 bridgehead atoms. The maximum Gasteiger partial charge on any atom is 0.149 e. The van der Waals surface area contributed by atoms with Crippen molar-refractivity contribution in [3.63, 3.8) is 0 Å². The number of anilines is 1. The van der Waals surface area contributed by atoms with E-state index in [9.17, 15) is 4.39 Å². The second kappa shape index (κ2) is 4.56. The minimum Gasteiger partial charge on any atom is -0.387 e. The summed E-state index contributed by atoms with van der Waals surface area (Å²) in [5.41, 5.74) is 4.42. The van der Waals surface area contributed by atoms with Crippen LogP contribution in [-0.2, 0) is 0 Å².